The van der Waals surface area contributed by atoms with Crippen LogP contribution in [0.5, 0.6) is 0 Å². The van der Waals surface area contributed by atoms with Gasteiger partial charge in [0.2, 0.25) is 12.8 Å². The summed E-state index contributed by atoms with van der Waals surface area (Å²) < 4.78 is 2.98. The lowest BCUT2D eigenvalue weighted by molar-refractivity contribution is -0.107. The van der Waals surface area contributed by atoms with Crippen molar-refractivity contribution in [2.45, 2.75) is 13.8 Å². The van der Waals surface area contributed by atoms with Crippen LogP contribution >= 0.6 is 22.0 Å². The average molecular weight is 332 g/mol. The van der Waals surface area contributed by atoms with E-state index in [1.165, 1.54) is 30.6 Å². The number of anilines is 2. The Bertz CT molecular complexity index is 607. The first-order valence-corrected chi connectivity index (χ1v) is 8.67. The largest absolute Gasteiger partial charge is 0.277 e. The Morgan fingerprint density at radius 2 is 1.18 bits per heavy atom. The zero-order chi connectivity index (χ0) is 15.9. The number of amides is 2. The Labute approximate surface area is 138 Å². The number of hydrogen-bond donors (Lipinski definition) is 0. The topological polar surface area (TPSA) is 40.6 Å². The van der Waals surface area contributed by atoms with Crippen molar-refractivity contribution in [1.29, 1.82) is 0 Å². The summed E-state index contributed by atoms with van der Waals surface area (Å²) in [5.41, 5.74) is 3.70. The monoisotopic (exact) mass is 332 g/mol. The van der Waals surface area contributed by atoms with Gasteiger partial charge in [-0.3, -0.25) is 9.59 Å². The van der Waals surface area contributed by atoms with Gasteiger partial charge in [0.05, 0.1) is 33.3 Å². The molecule has 0 aliphatic carbocycles. The molecule has 22 heavy (non-hydrogen) atoms. The van der Waals surface area contributed by atoms with Crippen molar-refractivity contribution >= 4 is 46.2 Å². The van der Waals surface area contributed by atoms with Gasteiger partial charge in [-0.2, -0.15) is 0 Å². The van der Waals surface area contributed by atoms with Gasteiger partial charge in [-0.25, -0.2) is 8.61 Å². The first kappa shape index (κ1) is 16.5. The quantitative estimate of drug-likeness (QED) is 0.434. The molecule has 0 saturated heterocycles. The van der Waals surface area contributed by atoms with Crippen LogP contribution < -0.4 is 8.61 Å². The van der Waals surface area contributed by atoms with Gasteiger partial charge in [0.1, 0.15) is 0 Å². The third-order valence-corrected chi connectivity index (χ3v) is 5.04. The van der Waals surface area contributed by atoms with E-state index in [2.05, 4.69) is 0 Å². The van der Waals surface area contributed by atoms with E-state index < -0.39 is 0 Å². The molecule has 0 heterocycles. The van der Waals surface area contributed by atoms with Gasteiger partial charge in [-0.05, 0) is 49.2 Å². The number of hydrogen-bond acceptors (Lipinski definition) is 4. The molecule has 0 aliphatic heterocycles. The van der Waals surface area contributed by atoms with E-state index in [0.29, 0.717) is 0 Å². The van der Waals surface area contributed by atoms with Crippen LogP contribution in [0.15, 0.2) is 48.5 Å². The molecule has 0 saturated carbocycles. The molecule has 4 nitrogen and oxygen atoms in total. The molecule has 114 valence electrons. The lowest BCUT2D eigenvalue weighted by atomic mass is 10.2. The van der Waals surface area contributed by atoms with Crippen LogP contribution in [0.25, 0.3) is 0 Å². The third kappa shape index (κ3) is 4.29. The standard InChI is InChI=1S/C16H16N2O2S2/c1-13-5-3-7-15(9-13)17(11-19)21-22-18(12-20)16-8-4-6-14(2)10-16/h3-12H,1-2H3. The van der Waals surface area contributed by atoms with Crippen molar-refractivity contribution in [3.8, 4) is 0 Å². The maximum atomic E-state index is 11.3. The van der Waals surface area contributed by atoms with Crippen LogP contribution in [0.2, 0.25) is 0 Å². The minimum atomic E-state index is 0.742. The molecule has 2 amide bonds. The molecule has 0 N–H and O–H groups in total. The number of carbonyl (C=O) groups is 2. The Hall–Kier alpha value is -1.92. The molecule has 0 unspecified atom stereocenters. The number of carbonyl (C=O) groups excluding carboxylic acids is 2. The third-order valence-electron chi connectivity index (χ3n) is 2.90. The van der Waals surface area contributed by atoms with Crippen molar-refractivity contribution in [3.05, 3.63) is 59.7 Å². The first-order valence-electron chi connectivity index (χ1n) is 6.61. The fourth-order valence-corrected chi connectivity index (χ4v) is 3.62. The highest BCUT2D eigenvalue weighted by Gasteiger charge is 2.12. The first-order chi connectivity index (χ1) is 10.6. The molecule has 2 aromatic carbocycles. The second kappa shape index (κ2) is 7.91. The Morgan fingerprint density at radius 3 is 1.50 bits per heavy atom. The van der Waals surface area contributed by atoms with Crippen molar-refractivity contribution in [1.82, 2.24) is 0 Å². The van der Waals surface area contributed by atoms with E-state index in [0.717, 1.165) is 35.3 Å². The predicted molar refractivity (Wildman–Crippen MR) is 94.6 cm³/mol. The maximum absolute atomic E-state index is 11.3. The number of benzene rings is 2. The zero-order valence-corrected chi connectivity index (χ0v) is 13.9. The second-order valence-electron chi connectivity index (χ2n) is 4.69. The summed E-state index contributed by atoms with van der Waals surface area (Å²) in [5.74, 6) is 0. The molecule has 2 rings (SSSR count). The lowest BCUT2D eigenvalue weighted by Crippen LogP contribution is -2.15. The molecule has 0 spiro atoms. The van der Waals surface area contributed by atoms with Gasteiger partial charge in [-0.15, -0.1) is 0 Å². The smallest absolute Gasteiger partial charge is 0.224 e. The van der Waals surface area contributed by atoms with E-state index in [1.54, 1.807) is 0 Å². The highest BCUT2D eigenvalue weighted by Crippen LogP contribution is 2.35. The summed E-state index contributed by atoms with van der Waals surface area (Å²) in [6.45, 7) is 3.93. The van der Waals surface area contributed by atoms with Crippen LogP contribution in [0.3, 0.4) is 0 Å². The Balaban J connectivity index is 2.08. The molecule has 0 bridgehead atoms. The van der Waals surface area contributed by atoms with E-state index in [1.807, 2.05) is 62.4 Å². The molecule has 0 atom stereocenters. The second-order valence-corrected chi connectivity index (χ2v) is 6.67. The SMILES string of the molecule is Cc1cccc(N(C=O)SSN(C=O)c2cccc(C)c2)c1. The van der Waals surface area contributed by atoms with Gasteiger partial charge in [-0.1, -0.05) is 24.3 Å². The van der Waals surface area contributed by atoms with Crippen molar-refractivity contribution in [3.63, 3.8) is 0 Å². The lowest BCUT2D eigenvalue weighted by Gasteiger charge is -2.20. The molecule has 2 aromatic rings. The summed E-state index contributed by atoms with van der Waals surface area (Å²) in [6.07, 6.45) is 1.48. The summed E-state index contributed by atoms with van der Waals surface area (Å²) in [6, 6.07) is 15.3. The van der Waals surface area contributed by atoms with Crippen molar-refractivity contribution in [2.24, 2.45) is 0 Å². The van der Waals surface area contributed by atoms with Gasteiger partial charge in [0.25, 0.3) is 0 Å². The zero-order valence-electron chi connectivity index (χ0n) is 12.3. The van der Waals surface area contributed by atoms with Gasteiger partial charge in [0.15, 0.2) is 0 Å². The molecular formula is C16H16N2O2S2. The highest BCUT2D eigenvalue weighted by atomic mass is 33.1. The van der Waals surface area contributed by atoms with Gasteiger partial charge >= 0.3 is 0 Å². The maximum Gasteiger partial charge on any atom is 0.224 e. The molecule has 6 heteroatoms. The van der Waals surface area contributed by atoms with E-state index >= 15 is 0 Å². The molecule has 0 aromatic heterocycles. The highest BCUT2D eigenvalue weighted by molar-refractivity contribution is 8.77. The molecule has 0 fully saturated rings. The number of nitrogens with zero attached hydrogens (tertiary/aromatic N) is 2. The fraction of sp³-hybridized carbons (Fsp3) is 0.125. The van der Waals surface area contributed by atoms with E-state index in [4.69, 9.17) is 0 Å². The summed E-state index contributed by atoms with van der Waals surface area (Å²) in [5, 5.41) is 0. The normalized spacial score (nSPS) is 10.1. The minimum Gasteiger partial charge on any atom is -0.277 e. The molecule has 0 aliphatic rings. The van der Waals surface area contributed by atoms with Crippen LogP contribution in [-0.2, 0) is 9.59 Å². The van der Waals surface area contributed by atoms with Crippen LogP contribution in [0, 0.1) is 13.8 Å². The Morgan fingerprint density at radius 1 is 0.773 bits per heavy atom. The van der Waals surface area contributed by atoms with Crippen LogP contribution in [0.1, 0.15) is 11.1 Å². The fourth-order valence-electron chi connectivity index (χ4n) is 1.84. The average Bonchev–Trinajstić information content (AvgIpc) is 2.52. The molecule has 0 radical (unpaired) electrons. The van der Waals surface area contributed by atoms with E-state index in [-0.39, 0.29) is 0 Å². The summed E-state index contributed by atoms with van der Waals surface area (Å²) >= 11 is 0. The van der Waals surface area contributed by atoms with Crippen LogP contribution in [0.4, 0.5) is 11.4 Å². The summed E-state index contributed by atoms with van der Waals surface area (Å²) in [4.78, 5) is 22.6. The number of rotatable bonds is 7. The summed E-state index contributed by atoms with van der Waals surface area (Å²) in [7, 11) is 2.39. The molecular weight excluding hydrogens is 316 g/mol. The number of aryl methyl sites for hydroxylation is 2. The van der Waals surface area contributed by atoms with Crippen molar-refractivity contribution < 1.29 is 9.59 Å². The van der Waals surface area contributed by atoms with Crippen molar-refractivity contribution in [2.75, 3.05) is 8.61 Å². The minimum absolute atomic E-state index is 0.742. The van der Waals surface area contributed by atoms with Gasteiger partial charge in [0, 0.05) is 0 Å². The Kier molecular flexibility index (Phi) is 5.91. The van der Waals surface area contributed by atoms with E-state index in [9.17, 15) is 9.59 Å². The predicted octanol–water partition coefficient (Wildman–Crippen LogP) is 4.14. The van der Waals surface area contributed by atoms with Gasteiger partial charge < -0.3 is 0 Å². The van der Waals surface area contributed by atoms with Crippen LogP contribution in [-0.4, -0.2) is 12.8 Å².